The summed E-state index contributed by atoms with van der Waals surface area (Å²) in [5.41, 5.74) is 2.25. The highest BCUT2D eigenvalue weighted by molar-refractivity contribution is 5.94. The molecule has 2 heterocycles. The summed E-state index contributed by atoms with van der Waals surface area (Å²) in [5, 5.41) is 2.92. The number of aryl methyl sites for hydroxylation is 1. The number of aromatic nitrogens is 2. The summed E-state index contributed by atoms with van der Waals surface area (Å²) in [6.45, 7) is 4.29. The van der Waals surface area contributed by atoms with Crippen molar-refractivity contribution in [3.05, 3.63) is 47.3 Å². The summed E-state index contributed by atoms with van der Waals surface area (Å²) in [5.74, 6) is 1.37. The van der Waals surface area contributed by atoms with E-state index in [1.54, 1.807) is 13.3 Å². The first-order valence-corrected chi connectivity index (χ1v) is 8.67. The molecule has 0 aliphatic carbocycles. The zero-order valence-electron chi connectivity index (χ0n) is 14.8. The zero-order valence-corrected chi connectivity index (χ0v) is 14.8. The minimum absolute atomic E-state index is 0.154. The molecule has 0 radical (unpaired) electrons. The lowest BCUT2D eigenvalue weighted by Gasteiger charge is -2.26. The Labute approximate surface area is 148 Å². The summed E-state index contributed by atoms with van der Waals surface area (Å²) < 4.78 is 5.13. The Kier molecular flexibility index (Phi) is 5.48. The lowest BCUT2D eigenvalue weighted by Crippen LogP contribution is -2.31. The molecular weight excluding hydrogens is 316 g/mol. The van der Waals surface area contributed by atoms with Gasteiger partial charge >= 0.3 is 0 Å². The van der Waals surface area contributed by atoms with Crippen LogP contribution in [0.15, 0.2) is 30.5 Å². The predicted molar refractivity (Wildman–Crippen MR) is 97.0 cm³/mol. The average Bonchev–Trinajstić information content (AvgIpc) is 2.67. The van der Waals surface area contributed by atoms with E-state index in [4.69, 9.17) is 4.74 Å². The standard InChI is InChI=1S/C19H24N4O2/c1-14-17(13-21-19(22-14)23-10-4-3-5-11-23)18(24)20-12-15-6-8-16(25-2)9-7-15/h6-9,13H,3-5,10-12H2,1-2H3,(H,20,24). The molecule has 2 aromatic rings. The largest absolute Gasteiger partial charge is 0.497 e. The number of ether oxygens (including phenoxy) is 1. The van der Waals surface area contributed by atoms with Crippen molar-refractivity contribution in [2.75, 3.05) is 25.1 Å². The van der Waals surface area contributed by atoms with Gasteiger partial charge < -0.3 is 15.0 Å². The molecule has 0 unspecified atom stereocenters. The van der Waals surface area contributed by atoms with E-state index in [1.807, 2.05) is 31.2 Å². The smallest absolute Gasteiger partial charge is 0.254 e. The van der Waals surface area contributed by atoms with Crippen LogP contribution in [0, 0.1) is 6.92 Å². The minimum Gasteiger partial charge on any atom is -0.497 e. The van der Waals surface area contributed by atoms with Crippen LogP contribution >= 0.6 is 0 Å². The number of amides is 1. The number of hydrogen-bond acceptors (Lipinski definition) is 5. The maximum Gasteiger partial charge on any atom is 0.254 e. The molecule has 0 atom stereocenters. The average molecular weight is 340 g/mol. The van der Waals surface area contributed by atoms with Crippen molar-refractivity contribution < 1.29 is 9.53 Å². The van der Waals surface area contributed by atoms with Crippen LogP contribution in [0.3, 0.4) is 0 Å². The molecule has 3 rings (SSSR count). The lowest BCUT2D eigenvalue weighted by molar-refractivity contribution is 0.0949. The van der Waals surface area contributed by atoms with Crippen LogP contribution in [-0.2, 0) is 6.54 Å². The molecule has 1 aromatic carbocycles. The molecule has 1 saturated heterocycles. The van der Waals surface area contributed by atoms with Gasteiger partial charge in [0.2, 0.25) is 5.95 Å². The van der Waals surface area contributed by atoms with E-state index >= 15 is 0 Å². The maximum atomic E-state index is 12.4. The second-order valence-corrected chi connectivity index (χ2v) is 6.25. The van der Waals surface area contributed by atoms with Crippen molar-refractivity contribution in [3.63, 3.8) is 0 Å². The fourth-order valence-electron chi connectivity index (χ4n) is 2.94. The SMILES string of the molecule is COc1ccc(CNC(=O)c2cnc(N3CCCCC3)nc2C)cc1. The van der Waals surface area contributed by atoms with E-state index in [9.17, 15) is 4.79 Å². The third-order valence-electron chi connectivity index (χ3n) is 4.46. The van der Waals surface area contributed by atoms with Crippen molar-refractivity contribution in [2.24, 2.45) is 0 Å². The number of carbonyl (C=O) groups is 1. The maximum absolute atomic E-state index is 12.4. The normalized spacial score (nSPS) is 14.2. The molecule has 0 saturated carbocycles. The van der Waals surface area contributed by atoms with Crippen LogP contribution in [0.2, 0.25) is 0 Å². The highest BCUT2D eigenvalue weighted by Crippen LogP contribution is 2.17. The first-order chi connectivity index (χ1) is 12.2. The molecule has 1 N–H and O–H groups in total. The third kappa shape index (κ3) is 4.26. The first kappa shape index (κ1) is 17.2. The van der Waals surface area contributed by atoms with Crippen LogP contribution < -0.4 is 15.0 Å². The molecule has 6 heteroatoms. The van der Waals surface area contributed by atoms with Crippen LogP contribution in [0.5, 0.6) is 5.75 Å². The second-order valence-electron chi connectivity index (χ2n) is 6.25. The van der Waals surface area contributed by atoms with Crippen molar-refractivity contribution in [1.29, 1.82) is 0 Å². The molecule has 1 aliphatic heterocycles. The second kappa shape index (κ2) is 7.96. The monoisotopic (exact) mass is 340 g/mol. The molecule has 0 bridgehead atoms. The summed E-state index contributed by atoms with van der Waals surface area (Å²) in [6.07, 6.45) is 5.25. The zero-order chi connectivity index (χ0) is 17.6. The Bertz CT molecular complexity index is 725. The van der Waals surface area contributed by atoms with Crippen LogP contribution in [-0.4, -0.2) is 36.1 Å². The minimum atomic E-state index is -0.154. The summed E-state index contributed by atoms with van der Waals surface area (Å²) >= 11 is 0. The molecular formula is C19H24N4O2. The lowest BCUT2D eigenvalue weighted by atomic mass is 10.1. The highest BCUT2D eigenvalue weighted by Gasteiger charge is 2.16. The summed E-state index contributed by atoms with van der Waals surface area (Å²) in [4.78, 5) is 23.5. The summed E-state index contributed by atoms with van der Waals surface area (Å²) in [7, 11) is 1.63. The highest BCUT2D eigenvalue weighted by atomic mass is 16.5. The van der Waals surface area contributed by atoms with Crippen molar-refractivity contribution in [2.45, 2.75) is 32.7 Å². The number of piperidine rings is 1. The molecule has 132 valence electrons. The topological polar surface area (TPSA) is 67.3 Å². The fraction of sp³-hybridized carbons (Fsp3) is 0.421. The van der Waals surface area contributed by atoms with Crippen LogP contribution in [0.4, 0.5) is 5.95 Å². The Morgan fingerprint density at radius 3 is 2.56 bits per heavy atom. The molecule has 1 aliphatic rings. The van der Waals surface area contributed by atoms with Gasteiger partial charge in [-0.05, 0) is 43.9 Å². The molecule has 1 fully saturated rings. The number of hydrogen-bond donors (Lipinski definition) is 1. The van der Waals surface area contributed by atoms with Gasteiger partial charge in [0.25, 0.3) is 5.91 Å². The third-order valence-corrected chi connectivity index (χ3v) is 4.46. The van der Waals surface area contributed by atoms with Gasteiger partial charge in [0.05, 0.1) is 18.4 Å². The van der Waals surface area contributed by atoms with E-state index < -0.39 is 0 Å². The van der Waals surface area contributed by atoms with Gasteiger partial charge in [-0.1, -0.05) is 12.1 Å². The number of nitrogens with zero attached hydrogens (tertiary/aromatic N) is 3. The number of anilines is 1. The van der Waals surface area contributed by atoms with E-state index in [0.29, 0.717) is 17.8 Å². The van der Waals surface area contributed by atoms with Gasteiger partial charge in [0.15, 0.2) is 0 Å². The van der Waals surface area contributed by atoms with Gasteiger partial charge in [-0.2, -0.15) is 0 Å². The number of benzene rings is 1. The number of rotatable bonds is 5. The Morgan fingerprint density at radius 2 is 1.92 bits per heavy atom. The molecule has 0 spiro atoms. The predicted octanol–water partition coefficient (Wildman–Crippen LogP) is 2.71. The molecule has 6 nitrogen and oxygen atoms in total. The molecule has 25 heavy (non-hydrogen) atoms. The number of methoxy groups -OCH3 is 1. The van der Waals surface area contributed by atoms with Gasteiger partial charge in [-0.25, -0.2) is 9.97 Å². The Balaban J connectivity index is 1.63. The number of nitrogens with one attached hydrogen (secondary N) is 1. The Hall–Kier alpha value is -2.63. The molecule has 1 aromatic heterocycles. The summed E-state index contributed by atoms with van der Waals surface area (Å²) in [6, 6.07) is 7.62. The number of carbonyl (C=O) groups excluding carboxylic acids is 1. The van der Waals surface area contributed by atoms with E-state index in [0.717, 1.165) is 30.4 Å². The van der Waals surface area contributed by atoms with E-state index in [1.165, 1.54) is 19.3 Å². The van der Waals surface area contributed by atoms with E-state index in [-0.39, 0.29) is 5.91 Å². The van der Waals surface area contributed by atoms with Gasteiger partial charge in [0, 0.05) is 25.8 Å². The fourth-order valence-corrected chi connectivity index (χ4v) is 2.94. The van der Waals surface area contributed by atoms with Crippen molar-refractivity contribution in [1.82, 2.24) is 15.3 Å². The van der Waals surface area contributed by atoms with Gasteiger partial charge in [-0.3, -0.25) is 4.79 Å². The van der Waals surface area contributed by atoms with Gasteiger partial charge in [-0.15, -0.1) is 0 Å². The van der Waals surface area contributed by atoms with Crippen molar-refractivity contribution >= 4 is 11.9 Å². The van der Waals surface area contributed by atoms with Gasteiger partial charge in [0.1, 0.15) is 5.75 Å². The first-order valence-electron chi connectivity index (χ1n) is 8.67. The molecule has 1 amide bonds. The van der Waals surface area contributed by atoms with E-state index in [2.05, 4.69) is 20.2 Å². The van der Waals surface area contributed by atoms with Crippen molar-refractivity contribution in [3.8, 4) is 5.75 Å². The van der Waals surface area contributed by atoms with Crippen LogP contribution in [0.25, 0.3) is 0 Å². The Morgan fingerprint density at radius 1 is 1.20 bits per heavy atom. The quantitative estimate of drug-likeness (QED) is 0.906. The van der Waals surface area contributed by atoms with Crippen LogP contribution in [0.1, 0.15) is 40.9 Å².